The molecule has 1 aromatic carbocycles. The van der Waals surface area contributed by atoms with E-state index in [2.05, 4.69) is 19.9 Å². The van der Waals surface area contributed by atoms with Gasteiger partial charge in [-0.3, -0.25) is 14.6 Å². The lowest BCUT2D eigenvalue weighted by molar-refractivity contribution is -0.117. The molecule has 3 aromatic rings. The molecule has 0 radical (unpaired) electrons. The third-order valence-electron chi connectivity index (χ3n) is 3.63. The van der Waals surface area contributed by atoms with Gasteiger partial charge in [0.15, 0.2) is 16.3 Å². The summed E-state index contributed by atoms with van der Waals surface area (Å²) in [4.78, 5) is 39.8. The van der Waals surface area contributed by atoms with Crippen LogP contribution in [-0.4, -0.2) is 38.1 Å². The number of nitrogens with one attached hydrogen (secondary N) is 2. The standard InChI is InChI=1S/C16H17N5O2S/c1-9-5-4-6-11(7-9)21(3)15(23)10(2)24-16-19-13-12(14(22)20-16)17-8-18-13/h4-8,10H,1-3H3,(H2,17,18,19,20,22). The highest BCUT2D eigenvalue weighted by molar-refractivity contribution is 8.00. The Kier molecular flexibility index (Phi) is 4.39. The molecule has 2 aromatic heterocycles. The number of hydrogen-bond acceptors (Lipinski definition) is 5. The van der Waals surface area contributed by atoms with E-state index in [-0.39, 0.29) is 11.5 Å². The topological polar surface area (TPSA) is 94.7 Å². The van der Waals surface area contributed by atoms with Gasteiger partial charge in [-0.2, -0.15) is 0 Å². The predicted octanol–water partition coefficient (Wildman–Crippen LogP) is 2.10. The second-order valence-electron chi connectivity index (χ2n) is 5.47. The summed E-state index contributed by atoms with van der Waals surface area (Å²) in [6.45, 7) is 3.77. The highest BCUT2D eigenvalue weighted by atomic mass is 32.2. The predicted molar refractivity (Wildman–Crippen MR) is 94.4 cm³/mol. The van der Waals surface area contributed by atoms with Crippen LogP contribution in [-0.2, 0) is 4.79 Å². The SMILES string of the molecule is Cc1cccc(N(C)C(=O)C(C)Sc2nc3nc[nH]c3c(=O)[nH]2)c1. The maximum atomic E-state index is 12.6. The zero-order chi connectivity index (χ0) is 17.3. The van der Waals surface area contributed by atoms with E-state index in [1.165, 1.54) is 18.1 Å². The van der Waals surface area contributed by atoms with Crippen LogP contribution in [0.25, 0.3) is 11.2 Å². The average molecular weight is 343 g/mol. The largest absolute Gasteiger partial charge is 0.339 e. The van der Waals surface area contributed by atoms with Crippen LogP contribution in [0.15, 0.2) is 40.5 Å². The molecule has 0 aliphatic heterocycles. The average Bonchev–Trinajstić information content (AvgIpc) is 3.02. The number of carbonyl (C=O) groups is 1. The van der Waals surface area contributed by atoms with Crippen LogP contribution in [0.1, 0.15) is 12.5 Å². The fraction of sp³-hybridized carbons (Fsp3) is 0.250. The molecule has 3 rings (SSSR count). The highest BCUT2D eigenvalue weighted by Gasteiger charge is 2.21. The molecule has 1 atom stereocenters. The van der Waals surface area contributed by atoms with E-state index in [0.29, 0.717) is 16.3 Å². The van der Waals surface area contributed by atoms with Crippen molar-refractivity contribution < 1.29 is 4.79 Å². The molecule has 0 bridgehead atoms. The van der Waals surface area contributed by atoms with Gasteiger partial charge in [-0.15, -0.1) is 0 Å². The summed E-state index contributed by atoms with van der Waals surface area (Å²) in [5.41, 5.74) is 2.29. The fourth-order valence-corrected chi connectivity index (χ4v) is 3.22. The number of rotatable bonds is 4. The van der Waals surface area contributed by atoms with Gasteiger partial charge in [0.05, 0.1) is 11.6 Å². The molecule has 2 heterocycles. The van der Waals surface area contributed by atoms with Gasteiger partial charge in [0.1, 0.15) is 0 Å². The smallest absolute Gasteiger partial charge is 0.277 e. The summed E-state index contributed by atoms with van der Waals surface area (Å²) >= 11 is 1.20. The van der Waals surface area contributed by atoms with Crippen molar-refractivity contribution in [1.82, 2.24) is 19.9 Å². The number of imidazole rings is 1. The number of amides is 1. The van der Waals surface area contributed by atoms with Gasteiger partial charge in [-0.25, -0.2) is 9.97 Å². The van der Waals surface area contributed by atoms with Crippen molar-refractivity contribution in [2.75, 3.05) is 11.9 Å². The molecule has 0 aliphatic rings. The molecular weight excluding hydrogens is 326 g/mol. The van der Waals surface area contributed by atoms with E-state index in [4.69, 9.17) is 0 Å². The first kappa shape index (κ1) is 16.3. The summed E-state index contributed by atoms with van der Waals surface area (Å²) in [5, 5.41) is -0.0341. The van der Waals surface area contributed by atoms with Crippen LogP contribution in [0, 0.1) is 6.92 Å². The first-order valence-corrected chi connectivity index (χ1v) is 8.28. The van der Waals surface area contributed by atoms with E-state index in [1.54, 1.807) is 18.9 Å². The number of benzene rings is 1. The van der Waals surface area contributed by atoms with Crippen molar-refractivity contribution in [2.45, 2.75) is 24.3 Å². The lowest BCUT2D eigenvalue weighted by Crippen LogP contribution is -2.33. The number of nitrogens with zero attached hydrogens (tertiary/aromatic N) is 3. The molecule has 1 amide bonds. The van der Waals surface area contributed by atoms with Gasteiger partial charge in [-0.05, 0) is 31.5 Å². The molecular formula is C16H17N5O2S. The van der Waals surface area contributed by atoms with Crippen LogP contribution in [0.2, 0.25) is 0 Å². The van der Waals surface area contributed by atoms with Gasteiger partial charge in [-0.1, -0.05) is 23.9 Å². The first-order chi connectivity index (χ1) is 11.5. The Morgan fingerprint density at radius 3 is 2.92 bits per heavy atom. The van der Waals surface area contributed by atoms with Crippen LogP contribution < -0.4 is 10.5 Å². The minimum absolute atomic E-state index is 0.0737. The Bertz CT molecular complexity index is 949. The Morgan fingerprint density at radius 1 is 1.38 bits per heavy atom. The van der Waals surface area contributed by atoms with Crippen LogP contribution in [0.5, 0.6) is 0 Å². The maximum absolute atomic E-state index is 12.6. The highest BCUT2D eigenvalue weighted by Crippen LogP contribution is 2.23. The Hall–Kier alpha value is -2.61. The first-order valence-electron chi connectivity index (χ1n) is 7.40. The molecule has 0 spiro atoms. The number of fused-ring (bicyclic) bond motifs is 1. The van der Waals surface area contributed by atoms with Gasteiger partial charge in [0.25, 0.3) is 5.56 Å². The van der Waals surface area contributed by atoms with Gasteiger partial charge < -0.3 is 9.88 Å². The van der Waals surface area contributed by atoms with Crippen LogP contribution in [0.3, 0.4) is 0 Å². The summed E-state index contributed by atoms with van der Waals surface area (Å²) < 4.78 is 0. The molecule has 0 aliphatic carbocycles. The Morgan fingerprint density at radius 2 is 2.17 bits per heavy atom. The minimum Gasteiger partial charge on any atom is -0.339 e. The van der Waals surface area contributed by atoms with Crippen molar-refractivity contribution in [1.29, 1.82) is 0 Å². The van der Waals surface area contributed by atoms with Crippen LogP contribution in [0.4, 0.5) is 5.69 Å². The lowest BCUT2D eigenvalue weighted by atomic mass is 10.2. The molecule has 0 saturated heterocycles. The van der Waals surface area contributed by atoms with Gasteiger partial charge >= 0.3 is 0 Å². The number of H-pyrrole nitrogens is 2. The summed E-state index contributed by atoms with van der Waals surface area (Å²) in [5.74, 6) is -0.0737. The zero-order valence-corrected chi connectivity index (χ0v) is 14.3. The summed E-state index contributed by atoms with van der Waals surface area (Å²) in [6.07, 6.45) is 1.42. The minimum atomic E-state index is -0.407. The second kappa shape index (κ2) is 6.48. The molecule has 0 fully saturated rings. The van der Waals surface area contributed by atoms with Crippen molar-refractivity contribution in [3.8, 4) is 0 Å². The van der Waals surface area contributed by atoms with E-state index in [9.17, 15) is 9.59 Å². The Labute approximate surface area is 142 Å². The molecule has 8 heteroatoms. The normalized spacial score (nSPS) is 12.3. The van der Waals surface area contributed by atoms with Crippen molar-refractivity contribution >= 4 is 34.5 Å². The van der Waals surface area contributed by atoms with Crippen molar-refractivity contribution in [2.24, 2.45) is 0 Å². The lowest BCUT2D eigenvalue weighted by Gasteiger charge is -2.21. The molecule has 124 valence electrons. The van der Waals surface area contributed by atoms with E-state index >= 15 is 0 Å². The van der Waals surface area contributed by atoms with Gasteiger partial charge in [0, 0.05) is 12.7 Å². The number of carbonyl (C=O) groups excluding carboxylic acids is 1. The van der Waals surface area contributed by atoms with Crippen molar-refractivity contribution in [3.63, 3.8) is 0 Å². The number of aromatic amines is 2. The maximum Gasteiger partial charge on any atom is 0.277 e. The monoisotopic (exact) mass is 343 g/mol. The third kappa shape index (κ3) is 3.18. The quantitative estimate of drug-likeness (QED) is 0.559. The molecule has 1 unspecified atom stereocenters. The Balaban J connectivity index is 1.79. The summed E-state index contributed by atoms with van der Waals surface area (Å²) in [7, 11) is 1.74. The number of thioether (sulfide) groups is 1. The molecule has 0 saturated carbocycles. The second-order valence-corrected chi connectivity index (χ2v) is 6.80. The van der Waals surface area contributed by atoms with Gasteiger partial charge in [0.2, 0.25) is 5.91 Å². The fourth-order valence-electron chi connectivity index (χ4n) is 2.33. The number of aromatic nitrogens is 4. The molecule has 24 heavy (non-hydrogen) atoms. The van der Waals surface area contributed by atoms with E-state index in [1.807, 2.05) is 31.2 Å². The molecule has 7 nitrogen and oxygen atoms in total. The summed E-state index contributed by atoms with van der Waals surface area (Å²) in [6, 6.07) is 7.73. The van der Waals surface area contributed by atoms with Crippen molar-refractivity contribution in [3.05, 3.63) is 46.5 Å². The van der Waals surface area contributed by atoms with Crippen LogP contribution >= 0.6 is 11.8 Å². The number of hydrogen-bond donors (Lipinski definition) is 2. The number of anilines is 1. The van der Waals surface area contributed by atoms with E-state index < -0.39 is 5.25 Å². The van der Waals surface area contributed by atoms with E-state index in [0.717, 1.165) is 11.3 Å². The third-order valence-corrected chi connectivity index (χ3v) is 4.60. The number of aryl methyl sites for hydroxylation is 1. The molecule has 2 N–H and O–H groups in total. The zero-order valence-electron chi connectivity index (χ0n) is 13.5.